The molecule has 2 fully saturated rings. The van der Waals surface area contributed by atoms with Crippen LogP contribution in [0.15, 0.2) is 0 Å². The van der Waals surface area contributed by atoms with E-state index < -0.39 is 0 Å². The molecule has 4 nitrogen and oxygen atoms in total. The van der Waals surface area contributed by atoms with Crippen LogP contribution in [0.25, 0.3) is 0 Å². The zero-order chi connectivity index (χ0) is 10.7. The van der Waals surface area contributed by atoms with E-state index in [0.717, 1.165) is 6.42 Å². The standard InChI is InChI=1S/C10H16N2O2/c1-10(2)5-6-7(10)11(3)9(14)12(4)8(6)13/h6-7H,5H2,1-4H3. The van der Waals surface area contributed by atoms with Crippen molar-refractivity contribution in [2.24, 2.45) is 11.3 Å². The number of urea groups is 1. The maximum Gasteiger partial charge on any atom is 0.326 e. The summed E-state index contributed by atoms with van der Waals surface area (Å²) in [6, 6.07) is -0.0808. The van der Waals surface area contributed by atoms with Gasteiger partial charge in [-0.15, -0.1) is 0 Å². The third-order valence-electron chi connectivity index (χ3n) is 3.58. The summed E-state index contributed by atoms with van der Waals surface area (Å²) in [4.78, 5) is 26.3. The minimum atomic E-state index is -0.177. The Labute approximate surface area is 83.9 Å². The van der Waals surface area contributed by atoms with E-state index in [9.17, 15) is 9.59 Å². The lowest BCUT2D eigenvalue weighted by atomic mass is 9.58. The van der Waals surface area contributed by atoms with Crippen LogP contribution >= 0.6 is 0 Å². The van der Waals surface area contributed by atoms with Crippen LogP contribution in [0.1, 0.15) is 20.3 Å². The van der Waals surface area contributed by atoms with E-state index in [4.69, 9.17) is 0 Å². The Kier molecular flexibility index (Phi) is 1.69. The van der Waals surface area contributed by atoms with Crippen LogP contribution in [0.2, 0.25) is 0 Å². The number of carbonyl (C=O) groups is 2. The van der Waals surface area contributed by atoms with Gasteiger partial charge in [0.25, 0.3) is 0 Å². The van der Waals surface area contributed by atoms with Crippen molar-refractivity contribution in [2.45, 2.75) is 26.3 Å². The number of fused-ring (bicyclic) bond motifs is 1. The van der Waals surface area contributed by atoms with Crippen molar-refractivity contribution in [3.8, 4) is 0 Å². The Balaban J connectivity index is 2.30. The number of hydrogen-bond donors (Lipinski definition) is 0. The second-order valence-electron chi connectivity index (χ2n) is 5.03. The second-order valence-corrected chi connectivity index (χ2v) is 5.03. The fraction of sp³-hybridized carbons (Fsp3) is 0.800. The summed E-state index contributed by atoms with van der Waals surface area (Å²) in [6.45, 7) is 4.22. The molecular weight excluding hydrogens is 180 g/mol. The first-order valence-electron chi connectivity index (χ1n) is 4.90. The molecule has 2 unspecified atom stereocenters. The van der Waals surface area contributed by atoms with Gasteiger partial charge in [0.05, 0.1) is 5.92 Å². The molecule has 0 radical (unpaired) electrons. The van der Waals surface area contributed by atoms with Crippen molar-refractivity contribution < 1.29 is 9.59 Å². The third-order valence-corrected chi connectivity index (χ3v) is 3.58. The minimum absolute atomic E-state index is 0.0163. The molecule has 1 saturated carbocycles. The quantitative estimate of drug-likeness (QED) is 0.578. The molecule has 4 heteroatoms. The van der Waals surface area contributed by atoms with Crippen LogP contribution < -0.4 is 0 Å². The lowest BCUT2D eigenvalue weighted by Crippen LogP contribution is -2.69. The summed E-state index contributed by atoms with van der Waals surface area (Å²) in [6.07, 6.45) is 0.887. The van der Waals surface area contributed by atoms with Gasteiger partial charge >= 0.3 is 6.03 Å². The van der Waals surface area contributed by atoms with Crippen LogP contribution in [0.3, 0.4) is 0 Å². The van der Waals surface area contributed by atoms with Crippen LogP contribution in [0.5, 0.6) is 0 Å². The monoisotopic (exact) mass is 196 g/mol. The minimum Gasteiger partial charge on any atom is -0.323 e. The molecule has 1 aliphatic carbocycles. The fourth-order valence-electron chi connectivity index (χ4n) is 2.90. The molecule has 1 heterocycles. The predicted molar refractivity (Wildman–Crippen MR) is 51.6 cm³/mol. The van der Waals surface area contributed by atoms with Gasteiger partial charge in [-0.25, -0.2) is 4.79 Å². The van der Waals surface area contributed by atoms with E-state index in [1.54, 1.807) is 19.0 Å². The van der Waals surface area contributed by atoms with Crippen LogP contribution in [-0.4, -0.2) is 41.9 Å². The molecule has 2 atom stereocenters. The molecule has 14 heavy (non-hydrogen) atoms. The first kappa shape index (κ1) is 9.49. The van der Waals surface area contributed by atoms with E-state index in [2.05, 4.69) is 13.8 Å². The van der Waals surface area contributed by atoms with Crippen molar-refractivity contribution in [1.82, 2.24) is 9.80 Å². The second kappa shape index (κ2) is 2.49. The molecule has 3 amide bonds. The molecular formula is C10H16N2O2. The zero-order valence-electron chi connectivity index (χ0n) is 9.07. The molecule has 0 aromatic heterocycles. The fourth-order valence-corrected chi connectivity index (χ4v) is 2.90. The van der Waals surface area contributed by atoms with Gasteiger partial charge in [0.1, 0.15) is 0 Å². The predicted octanol–water partition coefficient (Wildman–Crippen LogP) is 0.925. The lowest BCUT2D eigenvalue weighted by Gasteiger charge is -2.58. The average Bonchev–Trinajstić information content (AvgIpc) is 2.09. The molecule has 0 N–H and O–H groups in total. The number of rotatable bonds is 0. The highest BCUT2D eigenvalue weighted by atomic mass is 16.2. The largest absolute Gasteiger partial charge is 0.326 e. The Bertz CT molecular complexity index is 293. The van der Waals surface area contributed by atoms with Crippen molar-refractivity contribution in [2.75, 3.05) is 14.1 Å². The van der Waals surface area contributed by atoms with E-state index >= 15 is 0 Å². The normalized spacial score (nSPS) is 35.4. The number of hydrogen-bond acceptors (Lipinski definition) is 2. The Morgan fingerprint density at radius 3 is 2.36 bits per heavy atom. The van der Waals surface area contributed by atoms with E-state index in [1.165, 1.54) is 4.90 Å². The smallest absolute Gasteiger partial charge is 0.323 e. The molecule has 0 aromatic rings. The van der Waals surface area contributed by atoms with Crippen molar-refractivity contribution in [3.05, 3.63) is 0 Å². The van der Waals surface area contributed by atoms with Crippen LogP contribution in [0.4, 0.5) is 4.79 Å². The average molecular weight is 196 g/mol. The molecule has 1 aliphatic heterocycles. The van der Waals surface area contributed by atoms with E-state index in [1.807, 2.05) is 0 Å². The molecule has 1 saturated heterocycles. The van der Waals surface area contributed by atoms with Gasteiger partial charge in [0, 0.05) is 20.1 Å². The van der Waals surface area contributed by atoms with Gasteiger partial charge in [-0.05, 0) is 11.8 Å². The Hall–Kier alpha value is -1.06. The summed E-state index contributed by atoms with van der Waals surface area (Å²) < 4.78 is 0. The number of carbonyl (C=O) groups excluding carboxylic acids is 2. The van der Waals surface area contributed by atoms with Crippen LogP contribution in [-0.2, 0) is 4.79 Å². The summed E-state index contributed by atoms with van der Waals surface area (Å²) in [5.41, 5.74) is 0.0893. The maximum atomic E-state index is 11.7. The maximum absolute atomic E-state index is 11.7. The first-order valence-corrected chi connectivity index (χ1v) is 4.90. The van der Waals surface area contributed by atoms with Gasteiger partial charge in [-0.2, -0.15) is 0 Å². The molecule has 0 bridgehead atoms. The molecule has 0 aromatic carbocycles. The molecule has 2 aliphatic rings. The number of amides is 3. The van der Waals surface area contributed by atoms with Crippen molar-refractivity contribution >= 4 is 11.9 Å². The molecule has 2 rings (SSSR count). The first-order chi connectivity index (χ1) is 6.36. The number of nitrogens with zero attached hydrogens (tertiary/aromatic N) is 2. The van der Waals surface area contributed by atoms with Crippen molar-refractivity contribution in [3.63, 3.8) is 0 Å². The Morgan fingerprint density at radius 1 is 1.29 bits per heavy atom. The van der Waals surface area contributed by atoms with Gasteiger partial charge in [-0.3, -0.25) is 9.69 Å². The lowest BCUT2D eigenvalue weighted by molar-refractivity contribution is -0.153. The summed E-state index contributed by atoms with van der Waals surface area (Å²) in [5.74, 6) is 0.00938. The van der Waals surface area contributed by atoms with E-state index in [-0.39, 0.29) is 29.3 Å². The van der Waals surface area contributed by atoms with Gasteiger partial charge < -0.3 is 4.90 Å². The summed E-state index contributed by atoms with van der Waals surface area (Å²) in [7, 11) is 3.34. The van der Waals surface area contributed by atoms with Crippen LogP contribution in [0, 0.1) is 11.3 Å². The number of imide groups is 1. The summed E-state index contributed by atoms with van der Waals surface area (Å²) >= 11 is 0. The highest BCUT2D eigenvalue weighted by Gasteiger charge is 2.58. The van der Waals surface area contributed by atoms with Gasteiger partial charge in [-0.1, -0.05) is 13.8 Å². The van der Waals surface area contributed by atoms with Gasteiger partial charge in [0.15, 0.2) is 0 Å². The Morgan fingerprint density at radius 2 is 1.86 bits per heavy atom. The molecule has 0 spiro atoms. The highest BCUT2D eigenvalue weighted by molar-refractivity contribution is 5.99. The topological polar surface area (TPSA) is 40.6 Å². The van der Waals surface area contributed by atoms with Crippen molar-refractivity contribution in [1.29, 1.82) is 0 Å². The zero-order valence-corrected chi connectivity index (χ0v) is 9.07. The molecule has 78 valence electrons. The van der Waals surface area contributed by atoms with Gasteiger partial charge in [0.2, 0.25) is 5.91 Å². The SMILES string of the molecule is CN1C(=O)C2CC(C)(C)C2N(C)C1=O. The van der Waals surface area contributed by atoms with E-state index in [0.29, 0.717) is 0 Å². The highest BCUT2D eigenvalue weighted by Crippen LogP contribution is 2.50. The third kappa shape index (κ3) is 0.938. The summed E-state index contributed by atoms with van der Waals surface area (Å²) in [5, 5.41) is 0.